The highest BCUT2D eigenvalue weighted by molar-refractivity contribution is 7.89. The number of nitrogens with one attached hydrogen (secondary N) is 2. The SMILES string of the molecule is CC(O)C(NS(=O)(=O)c1ccc2cccnc2c1)C(=O)NO. The van der Waals surface area contributed by atoms with Crippen LogP contribution < -0.4 is 10.2 Å². The van der Waals surface area contributed by atoms with Crippen molar-refractivity contribution in [1.82, 2.24) is 15.2 Å². The van der Waals surface area contributed by atoms with E-state index in [1.54, 1.807) is 18.2 Å². The Balaban J connectivity index is 2.37. The van der Waals surface area contributed by atoms with Gasteiger partial charge in [0.1, 0.15) is 6.04 Å². The molecule has 1 aromatic heterocycles. The van der Waals surface area contributed by atoms with E-state index in [4.69, 9.17) is 5.21 Å². The highest BCUT2D eigenvalue weighted by atomic mass is 32.2. The molecule has 0 aliphatic heterocycles. The van der Waals surface area contributed by atoms with Gasteiger partial charge in [-0.25, -0.2) is 13.9 Å². The predicted octanol–water partition coefficient (Wildman–Crippen LogP) is -0.232. The summed E-state index contributed by atoms with van der Waals surface area (Å²) in [7, 11) is -4.07. The molecule has 2 aromatic rings. The van der Waals surface area contributed by atoms with Crippen molar-refractivity contribution in [3.63, 3.8) is 0 Å². The lowest BCUT2D eigenvalue weighted by molar-refractivity contribution is -0.133. The van der Waals surface area contributed by atoms with Crippen LogP contribution in [0.2, 0.25) is 0 Å². The summed E-state index contributed by atoms with van der Waals surface area (Å²) in [5.41, 5.74) is 1.79. The lowest BCUT2D eigenvalue weighted by atomic mass is 10.2. The van der Waals surface area contributed by atoms with Crippen LogP contribution in [0.4, 0.5) is 0 Å². The van der Waals surface area contributed by atoms with Crippen molar-refractivity contribution in [3.8, 4) is 0 Å². The number of hydrogen-bond donors (Lipinski definition) is 4. The van der Waals surface area contributed by atoms with Crippen LogP contribution in [-0.2, 0) is 14.8 Å². The van der Waals surface area contributed by atoms with Crippen molar-refractivity contribution >= 4 is 26.8 Å². The number of aromatic nitrogens is 1. The molecule has 0 spiro atoms. The summed E-state index contributed by atoms with van der Waals surface area (Å²) in [5.74, 6) is -1.06. The van der Waals surface area contributed by atoms with Crippen molar-refractivity contribution in [2.24, 2.45) is 0 Å². The first-order chi connectivity index (χ1) is 10.3. The van der Waals surface area contributed by atoms with Gasteiger partial charge in [0.2, 0.25) is 10.0 Å². The number of hydrogen-bond acceptors (Lipinski definition) is 6. The summed E-state index contributed by atoms with van der Waals surface area (Å²) < 4.78 is 26.6. The molecule has 0 saturated carbocycles. The second kappa shape index (κ2) is 6.36. The van der Waals surface area contributed by atoms with Crippen LogP contribution in [0.15, 0.2) is 41.4 Å². The zero-order chi connectivity index (χ0) is 16.3. The minimum Gasteiger partial charge on any atom is -0.391 e. The van der Waals surface area contributed by atoms with E-state index in [1.165, 1.54) is 30.7 Å². The number of nitrogens with zero attached hydrogens (tertiary/aromatic N) is 1. The molecule has 0 saturated heterocycles. The first-order valence-electron chi connectivity index (χ1n) is 6.34. The maximum atomic E-state index is 12.3. The van der Waals surface area contributed by atoms with Gasteiger partial charge in [-0.05, 0) is 25.1 Å². The molecule has 0 fully saturated rings. The smallest absolute Gasteiger partial charge is 0.264 e. The Labute approximate surface area is 126 Å². The van der Waals surface area contributed by atoms with E-state index in [-0.39, 0.29) is 4.90 Å². The van der Waals surface area contributed by atoms with Gasteiger partial charge in [-0.3, -0.25) is 15.0 Å². The Morgan fingerprint density at radius 2 is 2.05 bits per heavy atom. The van der Waals surface area contributed by atoms with Gasteiger partial charge in [0, 0.05) is 11.6 Å². The molecule has 0 aliphatic rings. The van der Waals surface area contributed by atoms with Crippen molar-refractivity contribution in [1.29, 1.82) is 0 Å². The maximum absolute atomic E-state index is 12.3. The minimum absolute atomic E-state index is 0.102. The van der Waals surface area contributed by atoms with Crippen LogP contribution in [0.1, 0.15) is 6.92 Å². The summed E-state index contributed by atoms with van der Waals surface area (Å²) in [6.07, 6.45) is 0.199. The third-order valence-electron chi connectivity index (χ3n) is 3.04. The number of rotatable bonds is 5. The summed E-state index contributed by atoms with van der Waals surface area (Å²) >= 11 is 0. The summed E-state index contributed by atoms with van der Waals surface area (Å²) in [6, 6.07) is 6.29. The number of aliphatic hydroxyl groups is 1. The monoisotopic (exact) mass is 325 g/mol. The predicted molar refractivity (Wildman–Crippen MR) is 77.5 cm³/mol. The molecule has 0 bridgehead atoms. The Morgan fingerprint density at radius 1 is 1.32 bits per heavy atom. The summed E-state index contributed by atoms with van der Waals surface area (Å²) in [6.45, 7) is 1.23. The zero-order valence-electron chi connectivity index (χ0n) is 11.6. The molecule has 9 heteroatoms. The molecule has 8 nitrogen and oxygen atoms in total. The lowest BCUT2D eigenvalue weighted by Crippen LogP contribution is -2.51. The van der Waals surface area contributed by atoms with Crippen LogP contribution in [0.5, 0.6) is 0 Å². The Morgan fingerprint density at radius 3 is 2.68 bits per heavy atom. The van der Waals surface area contributed by atoms with Crippen LogP contribution in [0, 0.1) is 0 Å². The third-order valence-corrected chi connectivity index (χ3v) is 4.48. The molecule has 2 unspecified atom stereocenters. The average Bonchev–Trinajstić information content (AvgIpc) is 2.51. The minimum atomic E-state index is -4.07. The molecule has 1 heterocycles. The van der Waals surface area contributed by atoms with Crippen molar-refractivity contribution in [2.45, 2.75) is 24.0 Å². The van der Waals surface area contributed by atoms with Gasteiger partial charge in [-0.15, -0.1) is 0 Å². The first kappa shape index (κ1) is 16.3. The highest BCUT2D eigenvalue weighted by Gasteiger charge is 2.29. The topological polar surface area (TPSA) is 129 Å². The fourth-order valence-corrected chi connectivity index (χ4v) is 3.18. The largest absolute Gasteiger partial charge is 0.391 e. The van der Waals surface area contributed by atoms with Gasteiger partial charge in [0.15, 0.2) is 0 Å². The zero-order valence-corrected chi connectivity index (χ0v) is 12.4. The van der Waals surface area contributed by atoms with Crippen molar-refractivity contribution < 1.29 is 23.5 Å². The molecule has 118 valence electrons. The summed E-state index contributed by atoms with van der Waals surface area (Å²) in [4.78, 5) is 15.4. The molecule has 2 atom stereocenters. The first-order valence-corrected chi connectivity index (χ1v) is 7.82. The van der Waals surface area contributed by atoms with Crippen molar-refractivity contribution in [2.75, 3.05) is 0 Å². The van der Waals surface area contributed by atoms with Gasteiger partial charge in [0.05, 0.1) is 16.5 Å². The number of aliphatic hydroxyl groups excluding tert-OH is 1. The molecule has 22 heavy (non-hydrogen) atoms. The Kier molecular flexibility index (Phi) is 4.71. The number of amides is 1. The Bertz CT molecular complexity index is 791. The van der Waals surface area contributed by atoms with Gasteiger partial charge in [-0.2, -0.15) is 4.72 Å². The standard InChI is InChI=1S/C13H15N3O5S/c1-8(17)12(13(18)15-19)16-22(20,21)10-5-4-9-3-2-6-14-11(9)7-10/h2-8,12,16-17,19H,1H3,(H,15,18). The van der Waals surface area contributed by atoms with E-state index in [0.717, 1.165) is 5.39 Å². The lowest BCUT2D eigenvalue weighted by Gasteiger charge is -2.19. The van der Waals surface area contributed by atoms with E-state index in [1.807, 2.05) is 4.72 Å². The van der Waals surface area contributed by atoms with E-state index < -0.39 is 28.1 Å². The quantitative estimate of drug-likeness (QED) is 0.444. The van der Waals surface area contributed by atoms with E-state index in [9.17, 15) is 18.3 Å². The number of fused-ring (bicyclic) bond motifs is 1. The number of pyridine rings is 1. The number of hydroxylamine groups is 1. The average molecular weight is 325 g/mol. The highest BCUT2D eigenvalue weighted by Crippen LogP contribution is 2.17. The molecule has 0 aliphatic carbocycles. The molecule has 1 aromatic carbocycles. The number of sulfonamides is 1. The van der Waals surface area contributed by atoms with Crippen LogP contribution in [0.25, 0.3) is 10.9 Å². The van der Waals surface area contributed by atoms with Crippen LogP contribution >= 0.6 is 0 Å². The molecular weight excluding hydrogens is 310 g/mol. The second-order valence-corrected chi connectivity index (χ2v) is 6.39. The molecule has 2 rings (SSSR count). The fraction of sp³-hybridized carbons (Fsp3) is 0.231. The molecule has 0 radical (unpaired) electrons. The van der Waals surface area contributed by atoms with Gasteiger partial charge in [0.25, 0.3) is 5.91 Å². The van der Waals surface area contributed by atoms with Gasteiger partial charge >= 0.3 is 0 Å². The normalized spacial score (nSPS) is 14.5. The van der Waals surface area contributed by atoms with Crippen LogP contribution in [0.3, 0.4) is 0 Å². The number of carbonyl (C=O) groups is 1. The van der Waals surface area contributed by atoms with E-state index in [0.29, 0.717) is 5.52 Å². The molecule has 1 amide bonds. The Hall–Kier alpha value is -2.07. The van der Waals surface area contributed by atoms with E-state index >= 15 is 0 Å². The second-order valence-electron chi connectivity index (χ2n) is 4.67. The van der Waals surface area contributed by atoms with Gasteiger partial charge < -0.3 is 5.11 Å². The molecular formula is C13H15N3O5S. The van der Waals surface area contributed by atoms with E-state index in [2.05, 4.69) is 4.98 Å². The van der Waals surface area contributed by atoms with Crippen LogP contribution in [-0.4, -0.2) is 41.8 Å². The summed E-state index contributed by atoms with van der Waals surface area (Å²) in [5, 5.41) is 18.9. The third kappa shape index (κ3) is 3.39. The number of benzene rings is 1. The van der Waals surface area contributed by atoms with Crippen molar-refractivity contribution in [3.05, 3.63) is 36.5 Å². The number of carbonyl (C=O) groups excluding carboxylic acids is 1. The maximum Gasteiger partial charge on any atom is 0.264 e. The fourth-order valence-electron chi connectivity index (χ4n) is 1.89. The molecule has 4 N–H and O–H groups in total. The van der Waals surface area contributed by atoms with Gasteiger partial charge in [-0.1, -0.05) is 12.1 Å².